The van der Waals surface area contributed by atoms with Crippen LogP contribution in [0.5, 0.6) is 0 Å². The van der Waals surface area contributed by atoms with Crippen LogP contribution in [-0.2, 0) is 4.74 Å². The molecule has 0 heterocycles. The predicted octanol–water partition coefficient (Wildman–Crippen LogP) is 4.40. The molecule has 4 heteroatoms. The van der Waals surface area contributed by atoms with Crippen molar-refractivity contribution >= 4 is 5.97 Å². The highest BCUT2D eigenvalue weighted by atomic mass is 79.9. The molecule has 1 aliphatic carbocycles. The molecule has 3 nitrogen and oxygen atoms in total. The zero-order valence-corrected chi connectivity index (χ0v) is 22.6. The monoisotopic (exact) mass is 509 g/mol. The Bertz CT molecular complexity index is 605. The molecule has 1 aromatic rings. The molecule has 0 aromatic heterocycles. The number of hydrogen-bond donors (Lipinski definition) is 0. The summed E-state index contributed by atoms with van der Waals surface area (Å²) < 4.78 is 7.03. The fourth-order valence-corrected chi connectivity index (χ4v) is 5.07. The predicted molar refractivity (Wildman–Crippen MR) is 131 cm³/mol. The summed E-state index contributed by atoms with van der Waals surface area (Å²) in [7, 11) is 4.72. The molecule has 1 aliphatic rings. The third-order valence-electron chi connectivity index (χ3n) is 6.95. The minimum absolute atomic E-state index is 0. The van der Waals surface area contributed by atoms with Gasteiger partial charge in [0.1, 0.15) is 6.10 Å². The van der Waals surface area contributed by atoms with Gasteiger partial charge in [-0.1, -0.05) is 82.9 Å². The molecule has 0 amide bonds. The average molecular weight is 511 g/mol. The molecule has 0 spiro atoms. The number of unbranched alkanes of at least 4 members (excludes halogenated alkanes) is 9. The molecule has 2 rings (SSSR count). The summed E-state index contributed by atoms with van der Waals surface area (Å²) in [5.41, 5.74) is 0.672. The van der Waals surface area contributed by atoms with Crippen LogP contribution in [0.3, 0.4) is 0 Å². The quantitative estimate of drug-likeness (QED) is 0.199. The van der Waals surface area contributed by atoms with Gasteiger partial charge < -0.3 is 26.2 Å². The van der Waals surface area contributed by atoms with Gasteiger partial charge >= 0.3 is 5.97 Å². The van der Waals surface area contributed by atoms with Crippen molar-refractivity contribution in [3.05, 3.63) is 35.9 Å². The summed E-state index contributed by atoms with van der Waals surface area (Å²) in [6.45, 7) is 4.63. The number of quaternary nitrogens is 1. The lowest BCUT2D eigenvalue weighted by Gasteiger charge is -2.38. The Balaban J connectivity index is 0.00000512. The maximum atomic E-state index is 12.6. The Morgan fingerprint density at radius 1 is 0.875 bits per heavy atom. The van der Waals surface area contributed by atoms with Crippen LogP contribution >= 0.6 is 0 Å². The van der Waals surface area contributed by atoms with E-state index in [9.17, 15) is 4.79 Å². The molecule has 0 N–H and O–H groups in total. The summed E-state index contributed by atoms with van der Waals surface area (Å²) in [6.07, 6.45) is 18.6. The van der Waals surface area contributed by atoms with E-state index in [0.29, 0.717) is 11.5 Å². The van der Waals surface area contributed by atoms with E-state index >= 15 is 0 Å². The summed E-state index contributed by atoms with van der Waals surface area (Å²) in [4.78, 5) is 12.6. The van der Waals surface area contributed by atoms with E-state index in [-0.39, 0.29) is 29.1 Å². The second-order valence-electron chi connectivity index (χ2n) is 10.4. The first kappa shape index (κ1) is 29.2. The zero-order valence-electron chi connectivity index (χ0n) is 21.0. The van der Waals surface area contributed by atoms with E-state index in [4.69, 9.17) is 4.74 Å². The second-order valence-corrected chi connectivity index (χ2v) is 10.4. The Morgan fingerprint density at radius 2 is 1.44 bits per heavy atom. The molecule has 0 bridgehead atoms. The largest absolute Gasteiger partial charge is 1.00 e. The summed E-state index contributed by atoms with van der Waals surface area (Å²) >= 11 is 0. The Morgan fingerprint density at radius 3 is 2.06 bits per heavy atom. The smallest absolute Gasteiger partial charge is 0.338 e. The molecule has 1 saturated carbocycles. The third kappa shape index (κ3) is 11.8. The van der Waals surface area contributed by atoms with Gasteiger partial charge in [-0.05, 0) is 44.2 Å². The number of carbonyl (C=O) groups is 1. The topological polar surface area (TPSA) is 26.3 Å². The number of hydrogen-bond acceptors (Lipinski definition) is 2. The molecular formula is C28H48BrNO2. The highest BCUT2D eigenvalue weighted by Crippen LogP contribution is 2.29. The van der Waals surface area contributed by atoms with E-state index in [1.807, 2.05) is 30.3 Å². The normalized spacial score (nSPS) is 18.7. The summed E-state index contributed by atoms with van der Waals surface area (Å²) in [6, 6.07) is 9.45. The number of benzene rings is 1. The number of esters is 1. The van der Waals surface area contributed by atoms with Gasteiger partial charge in [-0.2, -0.15) is 0 Å². The van der Waals surface area contributed by atoms with Crippen molar-refractivity contribution in [1.82, 2.24) is 0 Å². The molecule has 1 aromatic carbocycles. The molecule has 0 radical (unpaired) electrons. The maximum Gasteiger partial charge on any atom is 0.338 e. The SMILES string of the molecule is CCCCCCCCCCCC[N+](C)(C)C[C@H]1CCCC[C@@H]1OC(=O)c1ccccc1.[Br-]. The standard InChI is InChI=1S/C28H48NO2.BrH/c1-4-5-6-7-8-9-10-11-12-18-23-29(2,3)24-26-21-16-17-22-27(26)31-28(30)25-19-14-13-15-20-25;/h13-15,19-20,26-27H,4-12,16-18,21-24H2,1-3H3;1H/q+1;/p-1/t26-,27+;/m1./s1. The Hall–Kier alpha value is -0.870. The molecule has 32 heavy (non-hydrogen) atoms. The Kier molecular flexibility index (Phi) is 15.2. The fraction of sp³-hybridized carbons (Fsp3) is 0.750. The number of nitrogens with zero attached hydrogens (tertiary/aromatic N) is 1. The van der Waals surface area contributed by atoms with Gasteiger partial charge in [0.05, 0.1) is 32.7 Å². The molecule has 0 aliphatic heterocycles. The summed E-state index contributed by atoms with van der Waals surface area (Å²) in [5.74, 6) is 0.331. The first-order chi connectivity index (χ1) is 15.0. The van der Waals surface area contributed by atoms with E-state index in [1.165, 1.54) is 90.0 Å². The Labute approximate surface area is 208 Å². The number of rotatable bonds is 15. The second kappa shape index (κ2) is 16.7. The van der Waals surface area contributed by atoms with Crippen LogP contribution < -0.4 is 17.0 Å². The maximum absolute atomic E-state index is 12.6. The van der Waals surface area contributed by atoms with Gasteiger partial charge in [0, 0.05) is 5.92 Å². The van der Waals surface area contributed by atoms with Crippen molar-refractivity contribution < 1.29 is 31.0 Å². The molecule has 0 saturated heterocycles. The minimum atomic E-state index is -0.155. The van der Waals surface area contributed by atoms with Crippen LogP contribution in [0.15, 0.2) is 30.3 Å². The van der Waals surface area contributed by atoms with Gasteiger partial charge in [0.25, 0.3) is 0 Å². The first-order valence-electron chi connectivity index (χ1n) is 13.1. The molecule has 184 valence electrons. The minimum Gasteiger partial charge on any atom is -1.00 e. The van der Waals surface area contributed by atoms with Crippen LogP contribution in [0, 0.1) is 5.92 Å². The van der Waals surface area contributed by atoms with Crippen molar-refractivity contribution in [2.75, 3.05) is 27.2 Å². The van der Waals surface area contributed by atoms with Crippen LogP contribution in [0.4, 0.5) is 0 Å². The fourth-order valence-electron chi connectivity index (χ4n) is 5.07. The van der Waals surface area contributed by atoms with Gasteiger partial charge in [-0.3, -0.25) is 0 Å². The van der Waals surface area contributed by atoms with Gasteiger partial charge in [0.2, 0.25) is 0 Å². The zero-order chi connectivity index (χ0) is 22.4. The lowest BCUT2D eigenvalue weighted by Crippen LogP contribution is -3.00. The average Bonchev–Trinajstić information content (AvgIpc) is 2.77. The van der Waals surface area contributed by atoms with Gasteiger partial charge in [-0.25, -0.2) is 4.79 Å². The highest BCUT2D eigenvalue weighted by Gasteiger charge is 2.33. The van der Waals surface area contributed by atoms with Crippen LogP contribution in [0.25, 0.3) is 0 Å². The van der Waals surface area contributed by atoms with Gasteiger partial charge in [0.15, 0.2) is 0 Å². The molecule has 0 unspecified atom stereocenters. The van der Waals surface area contributed by atoms with Crippen molar-refractivity contribution in [1.29, 1.82) is 0 Å². The molecule has 2 atom stereocenters. The molecular weight excluding hydrogens is 462 g/mol. The lowest BCUT2D eigenvalue weighted by atomic mass is 9.85. The van der Waals surface area contributed by atoms with Crippen molar-refractivity contribution in [3.8, 4) is 0 Å². The van der Waals surface area contributed by atoms with Crippen LogP contribution in [0.2, 0.25) is 0 Å². The first-order valence-corrected chi connectivity index (χ1v) is 13.1. The van der Waals surface area contributed by atoms with Gasteiger partial charge in [-0.15, -0.1) is 0 Å². The van der Waals surface area contributed by atoms with Crippen molar-refractivity contribution in [2.24, 2.45) is 5.92 Å². The number of carbonyl (C=O) groups excluding carboxylic acids is 1. The van der Waals surface area contributed by atoms with Crippen molar-refractivity contribution in [2.45, 2.75) is 103 Å². The highest BCUT2D eigenvalue weighted by molar-refractivity contribution is 5.89. The lowest BCUT2D eigenvalue weighted by molar-refractivity contribution is -0.894. The van der Waals surface area contributed by atoms with E-state index in [0.717, 1.165) is 17.4 Å². The van der Waals surface area contributed by atoms with E-state index in [1.54, 1.807) is 0 Å². The number of ether oxygens (including phenoxy) is 1. The third-order valence-corrected chi connectivity index (χ3v) is 6.95. The van der Waals surface area contributed by atoms with E-state index < -0.39 is 0 Å². The van der Waals surface area contributed by atoms with Crippen molar-refractivity contribution in [3.63, 3.8) is 0 Å². The molecule has 1 fully saturated rings. The van der Waals surface area contributed by atoms with Crippen LogP contribution in [0.1, 0.15) is 107 Å². The summed E-state index contributed by atoms with van der Waals surface area (Å²) in [5, 5.41) is 0. The van der Waals surface area contributed by atoms with Crippen LogP contribution in [-0.4, -0.2) is 43.7 Å². The van der Waals surface area contributed by atoms with E-state index in [2.05, 4.69) is 21.0 Å². The number of halogens is 1.